The largest absolute Gasteiger partial charge is 0.478 e. The van der Waals surface area contributed by atoms with Crippen LogP contribution in [-0.4, -0.2) is 11.1 Å². The molecule has 0 aliphatic rings. The van der Waals surface area contributed by atoms with E-state index >= 15 is 0 Å². The Labute approximate surface area is 83.0 Å². The van der Waals surface area contributed by atoms with Crippen molar-refractivity contribution in [1.29, 1.82) is 0 Å². The maximum atomic E-state index is 10.5. The minimum Gasteiger partial charge on any atom is -0.478 e. The van der Waals surface area contributed by atoms with E-state index in [0.29, 0.717) is 14.2 Å². The first-order valence-corrected chi connectivity index (χ1v) is 4.47. The number of hydrogen-bond donors (Lipinski definition) is 1. The monoisotopic (exact) mass is 222 g/mol. The number of aliphatic carboxylic acids is 1. The molecule has 0 amide bonds. The van der Waals surface area contributed by atoms with Crippen LogP contribution in [0.25, 0.3) is 5.57 Å². The normalized spacial score (nSPS) is 9.83. The van der Waals surface area contributed by atoms with Gasteiger partial charge in [-0.2, -0.15) is 0 Å². The Morgan fingerprint density at radius 1 is 1.58 bits per heavy atom. The molecule has 12 heavy (non-hydrogen) atoms. The van der Waals surface area contributed by atoms with Crippen molar-refractivity contribution in [2.45, 2.75) is 0 Å². The lowest BCUT2D eigenvalue weighted by Crippen LogP contribution is -1.96. The van der Waals surface area contributed by atoms with Crippen LogP contribution in [0.4, 0.5) is 0 Å². The summed E-state index contributed by atoms with van der Waals surface area (Å²) >= 11 is 12.4. The standard InChI is InChI=1S/C7H4Cl2O2S/c1-3(7(10)11)4-2-5(8)12-6(4)9/h2H,1H2,(H,10,11). The summed E-state index contributed by atoms with van der Waals surface area (Å²) < 4.78 is 0.810. The molecule has 5 heteroatoms. The molecule has 1 rings (SSSR count). The summed E-state index contributed by atoms with van der Waals surface area (Å²) in [7, 11) is 0. The summed E-state index contributed by atoms with van der Waals surface area (Å²) in [6, 6.07) is 1.49. The second-order valence-electron chi connectivity index (χ2n) is 2.02. The van der Waals surface area contributed by atoms with E-state index < -0.39 is 5.97 Å². The molecule has 1 aromatic heterocycles. The molecule has 0 radical (unpaired) electrons. The van der Waals surface area contributed by atoms with Crippen LogP contribution in [-0.2, 0) is 4.79 Å². The van der Waals surface area contributed by atoms with Gasteiger partial charge in [-0.3, -0.25) is 0 Å². The fourth-order valence-corrected chi connectivity index (χ4v) is 2.18. The molecule has 0 atom stereocenters. The lowest BCUT2D eigenvalue weighted by atomic mass is 10.2. The van der Waals surface area contributed by atoms with Gasteiger partial charge < -0.3 is 5.11 Å². The molecule has 0 unspecified atom stereocenters. The SMILES string of the molecule is C=C(C(=O)O)c1cc(Cl)sc1Cl. The summed E-state index contributed by atoms with van der Waals surface area (Å²) in [5.74, 6) is -1.09. The predicted octanol–water partition coefficient (Wildman–Crippen LogP) is 3.15. The van der Waals surface area contributed by atoms with E-state index in [1.807, 2.05) is 0 Å². The van der Waals surface area contributed by atoms with Crippen molar-refractivity contribution in [3.63, 3.8) is 0 Å². The van der Waals surface area contributed by atoms with Crippen molar-refractivity contribution in [1.82, 2.24) is 0 Å². The molecule has 64 valence electrons. The van der Waals surface area contributed by atoms with Crippen LogP contribution in [0, 0.1) is 0 Å². The molecule has 0 aliphatic heterocycles. The number of carboxylic acids is 1. The highest BCUT2D eigenvalue weighted by Crippen LogP contribution is 2.34. The van der Waals surface area contributed by atoms with Gasteiger partial charge in [0.25, 0.3) is 0 Å². The molecule has 0 saturated carbocycles. The second kappa shape index (κ2) is 3.47. The Bertz CT molecular complexity index is 343. The second-order valence-corrected chi connectivity index (χ2v) is 4.31. The summed E-state index contributed by atoms with van der Waals surface area (Å²) in [6.07, 6.45) is 0. The topological polar surface area (TPSA) is 37.3 Å². The molecule has 0 bridgehead atoms. The summed E-state index contributed by atoms with van der Waals surface area (Å²) in [5.41, 5.74) is 0.349. The molecule has 1 aromatic rings. The fourth-order valence-electron chi connectivity index (χ4n) is 0.661. The van der Waals surface area contributed by atoms with Gasteiger partial charge in [-0.15, -0.1) is 11.3 Å². The molecule has 0 saturated heterocycles. The lowest BCUT2D eigenvalue weighted by molar-refractivity contribution is -0.130. The van der Waals surface area contributed by atoms with Gasteiger partial charge in [0.2, 0.25) is 0 Å². The highest BCUT2D eigenvalue weighted by molar-refractivity contribution is 7.20. The van der Waals surface area contributed by atoms with Crippen LogP contribution >= 0.6 is 34.5 Å². The van der Waals surface area contributed by atoms with Gasteiger partial charge in [0, 0.05) is 5.56 Å². The quantitative estimate of drug-likeness (QED) is 0.782. The highest BCUT2D eigenvalue weighted by Gasteiger charge is 2.13. The Hall–Kier alpha value is -0.510. The van der Waals surface area contributed by atoms with E-state index in [9.17, 15) is 4.79 Å². The third kappa shape index (κ3) is 1.80. The molecule has 0 fully saturated rings. The maximum Gasteiger partial charge on any atom is 0.335 e. The van der Waals surface area contributed by atoms with E-state index in [-0.39, 0.29) is 5.57 Å². The average Bonchev–Trinajstić information content (AvgIpc) is 2.28. The Kier molecular flexibility index (Phi) is 2.77. The first kappa shape index (κ1) is 9.58. The highest BCUT2D eigenvalue weighted by atomic mass is 35.5. The minimum atomic E-state index is -1.09. The Morgan fingerprint density at radius 3 is 2.50 bits per heavy atom. The van der Waals surface area contributed by atoms with E-state index in [1.54, 1.807) is 0 Å². The number of carbonyl (C=O) groups is 1. The van der Waals surface area contributed by atoms with E-state index in [0.717, 1.165) is 11.3 Å². The van der Waals surface area contributed by atoms with E-state index in [2.05, 4.69) is 6.58 Å². The third-order valence-electron chi connectivity index (χ3n) is 1.24. The van der Waals surface area contributed by atoms with Crippen LogP contribution in [0.3, 0.4) is 0 Å². The van der Waals surface area contributed by atoms with Crippen molar-refractivity contribution < 1.29 is 9.90 Å². The Balaban J connectivity index is 3.11. The maximum absolute atomic E-state index is 10.5. The van der Waals surface area contributed by atoms with Crippen molar-refractivity contribution in [2.75, 3.05) is 0 Å². The van der Waals surface area contributed by atoms with E-state index in [1.165, 1.54) is 6.07 Å². The fraction of sp³-hybridized carbons (Fsp3) is 0. The van der Waals surface area contributed by atoms with Gasteiger partial charge >= 0.3 is 5.97 Å². The molecule has 0 spiro atoms. The first-order valence-electron chi connectivity index (χ1n) is 2.89. The number of carboxylic acid groups (broad SMARTS) is 1. The molecule has 2 nitrogen and oxygen atoms in total. The van der Waals surface area contributed by atoms with Crippen LogP contribution in [0.1, 0.15) is 5.56 Å². The van der Waals surface area contributed by atoms with Crippen molar-refractivity contribution in [3.8, 4) is 0 Å². The van der Waals surface area contributed by atoms with Crippen LogP contribution in [0.2, 0.25) is 8.67 Å². The van der Waals surface area contributed by atoms with Gasteiger partial charge in [0.1, 0.15) is 4.34 Å². The van der Waals surface area contributed by atoms with Gasteiger partial charge in [-0.1, -0.05) is 29.8 Å². The van der Waals surface area contributed by atoms with Gasteiger partial charge in [0.05, 0.1) is 9.91 Å². The van der Waals surface area contributed by atoms with Crippen LogP contribution < -0.4 is 0 Å². The van der Waals surface area contributed by atoms with Crippen LogP contribution in [0.15, 0.2) is 12.6 Å². The lowest BCUT2D eigenvalue weighted by Gasteiger charge is -1.94. The molecule has 1 N–H and O–H groups in total. The molecule has 1 heterocycles. The van der Waals surface area contributed by atoms with Gasteiger partial charge in [0.15, 0.2) is 0 Å². The summed E-state index contributed by atoms with van der Waals surface area (Å²) in [4.78, 5) is 10.5. The molecule has 0 aliphatic carbocycles. The average molecular weight is 223 g/mol. The molecule has 0 aromatic carbocycles. The predicted molar refractivity (Wildman–Crippen MR) is 51.0 cm³/mol. The zero-order valence-corrected chi connectivity index (χ0v) is 8.13. The van der Waals surface area contributed by atoms with Gasteiger partial charge in [-0.05, 0) is 6.07 Å². The van der Waals surface area contributed by atoms with Crippen molar-refractivity contribution >= 4 is 46.1 Å². The molecular formula is C7H4Cl2O2S. The number of halogens is 2. The smallest absolute Gasteiger partial charge is 0.335 e. The summed E-state index contributed by atoms with van der Waals surface area (Å²) in [6.45, 7) is 3.36. The zero-order valence-electron chi connectivity index (χ0n) is 5.80. The minimum absolute atomic E-state index is 0.0387. The van der Waals surface area contributed by atoms with Crippen LogP contribution in [0.5, 0.6) is 0 Å². The van der Waals surface area contributed by atoms with Gasteiger partial charge in [-0.25, -0.2) is 4.79 Å². The number of rotatable bonds is 2. The first-order chi connectivity index (χ1) is 5.52. The third-order valence-corrected chi connectivity index (χ3v) is 2.73. The Morgan fingerprint density at radius 2 is 2.17 bits per heavy atom. The molecular weight excluding hydrogens is 219 g/mol. The zero-order chi connectivity index (χ0) is 9.30. The summed E-state index contributed by atoms with van der Waals surface area (Å²) in [5, 5.41) is 8.57. The van der Waals surface area contributed by atoms with E-state index in [4.69, 9.17) is 28.3 Å². The number of hydrogen-bond acceptors (Lipinski definition) is 2. The van der Waals surface area contributed by atoms with Crippen molar-refractivity contribution in [2.24, 2.45) is 0 Å². The van der Waals surface area contributed by atoms with Crippen molar-refractivity contribution in [3.05, 3.63) is 26.9 Å². The number of thiophene rings is 1.